The van der Waals surface area contributed by atoms with Gasteiger partial charge in [0.1, 0.15) is 0 Å². The van der Waals surface area contributed by atoms with Gasteiger partial charge < -0.3 is 16.1 Å². The van der Waals surface area contributed by atoms with Crippen molar-refractivity contribution in [3.63, 3.8) is 0 Å². The number of rotatable bonds is 1. The van der Waals surface area contributed by atoms with Gasteiger partial charge >= 0.3 is 0 Å². The molecule has 0 bridgehead atoms. The van der Waals surface area contributed by atoms with E-state index >= 15 is 0 Å². The van der Waals surface area contributed by atoms with E-state index in [1.165, 1.54) is 5.56 Å². The Bertz CT molecular complexity index is 674. The normalized spacial score (nSPS) is 17.3. The van der Waals surface area contributed by atoms with Gasteiger partial charge in [-0.2, -0.15) is 0 Å². The molecule has 0 unspecified atom stereocenters. The van der Waals surface area contributed by atoms with Crippen molar-refractivity contribution in [3.05, 3.63) is 65.2 Å². The van der Waals surface area contributed by atoms with Crippen LogP contribution in [0.2, 0.25) is 0 Å². The summed E-state index contributed by atoms with van der Waals surface area (Å²) in [7, 11) is 1.81. The van der Waals surface area contributed by atoms with Gasteiger partial charge in [-0.25, -0.2) is 5.84 Å². The lowest BCUT2D eigenvalue weighted by molar-refractivity contribution is 0.511. The summed E-state index contributed by atoms with van der Waals surface area (Å²) in [6, 6.07) is 16.2. The number of anilines is 1. The van der Waals surface area contributed by atoms with E-state index in [0.717, 1.165) is 29.1 Å². The fourth-order valence-corrected chi connectivity index (χ4v) is 2.62. The van der Waals surface area contributed by atoms with Crippen LogP contribution in [0, 0.1) is 0 Å². The number of benzene rings is 2. The lowest BCUT2D eigenvalue weighted by Gasteiger charge is -2.26. The first kappa shape index (κ1) is 12.6. The minimum Gasteiger partial charge on any atom is -0.396 e. The zero-order chi connectivity index (χ0) is 14.1. The first-order valence-corrected chi connectivity index (χ1v) is 6.58. The monoisotopic (exact) mass is 266 g/mol. The van der Waals surface area contributed by atoms with Crippen molar-refractivity contribution in [2.24, 2.45) is 11.6 Å². The average Bonchev–Trinajstić information content (AvgIpc) is 2.45. The second-order valence-electron chi connectivity index (χ2n) is 4.93. The molecule has 4 nitrogen and oxygen atoms in total. The molecule has 1 aliphatic rings. The van der Waals surface area contributed by atoms with E-state index in [4.69, 9.17) is 11.6 Å². The lowest BCUT2D eigenvalue weighted by Crippen LogP contribution is -2.28. The summed E-state index contributed by atoms with van der Waals surface area (Å²) < 4.78 is 0. The van der Waals surface area contributed by atoms with Crippen molar-refractivity contribution in [2.75, 3.05) is 12.4 Å². The number of hydrazine groups is 1. The van der Waals surface area contributed by atoms with Gasteiger partial charge in [0.25, 0.3) is 0 Å². The highest BCUT2D eigenvalue weighted by atomic mass is 15.4. The van der Waals surface area contributed by atoms with Crippen LogP contribution in [0.25, 0.3) is 11.4 Å². The molecule has 0 fully saturated rings. The summed E-state index contributed by atoms with van der Waals surface area (Å²) in [5, 5.41) is 5.04. The standard InChI is InChI=1S/C16H18N4/c1-20(18)16-13-8-4-5-9-14(13)19-10-11-6-2-3-7-12(11)15(16)17/h2-9,19H,10,17-18H2,1H3/b16-15-. The minimum atomic E-state index is 0.708. The molecule has 0 amide bonds. The summed E-state index contributed by atoms with van der Waals surface area (Å²) in [5.74, 6) is 6.02. The Hall–Kier alpha value is -2.46. The topological polar surface area (TPSA) is 67.3 Å². The van der Waals surface area contributed by atoms with Crippen molar-refractivity contribution in [1.29, 1.82) is 0 Å². The van der Waals surface area contributed by atoms with E-state index in [-0.39, 0.29) is 0 Å². The molecule has 0 atom stereocenters. The summed E-state index contributed by atoms with van der Waals surface area (Å²) in [4.78, 5) is 0. The fraction of sp³-hybridized carbons (Fsp3) is 0.125. The molecule has 0 aromatic heterocycles. The molecule has 102 valence electrons. The summed E-state index contributed by atoms with van der Waals surface area (Å²) >= 11 is 0. The molecule has 2 aromatic carbocycles. The Morgan fingerprint density at radius 3 is 2.40 bits per heavy atom. The van der Waals surface area contributed by atoms with Gasteiger partial charge in [0.15, 0.2) is 0 Å². The molecular formula is C16H18N4. The second-order valence-corrected chi connectivity index (χ2v) is 4.93. The van der Waals surface area contributed by atoms with E-state index in [2.05, 4.69) is 11.4 Å². The van der Waals surface area contributed by atoms with Crippen molar-refractivity contribution in [1.82, 2.24) is 5.01 Å². The fourth-order valence-electron chi connectivity index (χ4n) is 2.62. The van der Waals surface area contributed by atoms with Gasteiger partial charge in [-0.15, -0.1) is 0 Å². The molecule has 2 aromatic rings. The molecule has 0 radical (unpaired) electrons. The Labute approximate surface area is 118 Å². The smallest absolute Gasteiger partial charge is 0.0843 e. The minimum absolute atomic E-state index is 0.708. The van der Waals surface area contributed by atoms with Gasteiger partial charge in [-0.3, -0.25) is 0 Å². The van der Waals surface area contributed by atoms with Crippen molar-refractivity contribution in [2.45, 2.75) is 6.54 Å². The number of fused-ring (bicyclic) bond motifs is 2. The van der Waals surface area contributed by atoms with Gasteiger partial charge in [0, 0.05) is 30.4 Å². The maximum absolute atomic E-state index is 6.41. The highest BCUT2D eigenvalue weighted by molar-refractivity contribution is 5.93. The molecule has 0 saturated carbocycles. The SMILES string of the molecule is CN(N)/C1=C(\N)c2ccccc2CNc2ccccc21. The Kier molecular flexibility index (Phi) is 3.08. The Morgan fingerprint density at radius 2 is 1.65 bits per heavy atom. The third-order valence-corrected chi connectivity index (χ3v) is 3.57. The van der Waals surface area contributed by atoms with E-state index in [1.807, 2.05) is 49.5 Å². The van der Waals surface area contributed by atoms with Crippen LogP contribution in [-0.4, -0.2) is 12.1 Å². The van der Waals surface area contributed by atoms with Crippen LogP contribution in [-0.2, 0) is 6.54 Å². The molecule has 0 saturated heterocycles. The predicted octanol–water partition coefficient (Wildman–Crippen LogP) is 2.20. The van der Waals surface area contributed by atoms with Crippen molar-refractivity contribution < 1.29 is 0 Å². The second kappa shape index (κ2) is 4.90. The van der Waals surface area contributed by atoms with Gasteiger partial charge in [-0.1, -0.05) is 42.5 Å². The van der Waals surface area contributed by atoms with E-state index in [1.54, 1.807) is 5.01 Å². The largest absolute Gasteiger partial charge is 0.396 e. The summed E-state index contributed by atoms with van der Waals surface area (Å²) in [6.07, 6.45) is 0. The van der Waals surface area contributed by atoms with Crippen LogP contribution in [0.15, 0.2) is 48.5 Å². The Balaban J connectivity index is 2.31. The van der Waals surface area contributed by atoms with Crippen molar-refractivity contribution >= 4 is 17.1 Å². The van der Waals surface area contributed by atoms with Crippen LogP contribution in [0.5, 0.6) is 0 Å². The first-order valence-electron chi connectivity index (χ1n) is 6.58. The zero-order valence-corrected chi connectivity index (χ0v) is 11.4. The highest BCUT2D eigenvalue weighted by Crippen LogP contribution is 2.33. The zero-order valence-electron chi connectivity index (χ0n) is 11.4. The van der Waals surface area contributed by atoms with Crippen LogP contribution < -0.4 is 16.9 Å². The van der Waals surface area contributed by atoms with Gasteiger partial charge in [0.2, 0.25) is 0 Å². The first-order chi connectivity index (χ1) is 9.68. The van der Waals surface area contributed by atoms with Crippen LogP contribution in [0.3, 0.4) is 0 Å². The predicted molar refractivity (Wildman–Crippen MR) is 83.2 cm³/mol. The molecule has 5 N–H and O–H groups in total. The molecule has 0 aliphatic carbocycles. The van der Waals surface area contributed by atoms with Gasteiger partial charge in [-0.05, 0) is 11.6 Å². The molecule has 20 heavy (non-hydrogen) atoms. The van der Waals surface area contributed by atoms with Crippen LogP contribution >= 0.6 is 0 Å². The summed E-state index contributed by atoms with van der Waals surface area (Å²) in [5.41, 5.74) is 12.2. The number of para-hydroxylation sites is 1. The molecule has 3 rings (SSSR count). The summed E-state index contributed by atoms with van der Waals surface area (Å²) in [6.45, 7) is 0.745. The molecule has 1 heterocycles. The van der Waals surface area contributed by atoms with Crippen molar-refractivity contribution in [3.8, 4) is 0 Å². The van der Waals surface area contributed by atoms with E-state index in [9.17, 15) is 0 Å². The number of hydrogen-bond acceptors (Lipinski definition) is 4. The number of nitrogens with one attached hydrogen (secondary N) is 1. The number of nitrogens with two attached hydrogens (primary N) is 2. The quantitative estimate of drug-likeness (QED) is 0.547. The molecule has 1 aliphatic heterocycles. The number of nitrogens with zero attached hydrogens (tertiary/aromatic N) is 1. The molecule has 0 spiro atoms. The van der Waals surface area contributed by atoms with E-state index < -0.39 is 0 Å². The van der Waals surface area contributed by atoms with Crippen LogP contribution in [0.4, 0.5) is 5.69 Å². The van der Waals surface area contributed by atoms with Gasteiger partial charge in [0.05, 0.1) is 11.4 Å². The maximum Gasteiger partial charge on any atom is 0.0843 e. The molecule has 4 heteroatoms. The average molecular weight is 266 g/mol. The molecular weight excluding hydrogens is 248 g/mol. The van der Waals surface area contributed by atoms with E-state index in [0.29, 0.717) is 5.70 Å². The lowest BCUT2D eigenvalue weighted by atomic mass is 9.97. The third-order valence-electron chi connectivity index (χ3n) is 3.57. The maximum atomic E-state index is 6.41. The highest BCUT2D eigenvalue weighted by Gasteiger charge is 2.19. The Morgan fingerprint density at radius 1 is 1.00 bits per heavy atom. The van der Waals surface area contributed by atoms with Crippen LogP contribution in [0.1, 0.15) is 16.7 Å². The third kappa shape index (κ3) is 2.00. The number of hydrogen-bond donors (Lipinski definition) is 3.